The number of urea groups is 1. The summed E-state index contributed by atoms with van der Waals surface area (Å²) in [7, 11) is 3.00. The van der Waals surface area contributed by atoms with Gasteiger partial charge in [-0.05, 0) is 30.5 Å². The highest BCUT2D eigenvalue weighted by Gasteiger charge is 2.38. The fraction of sp³-hybridized carbons (Fsp3) is 0.286. The fourth-order valence-corrected chi connectivity index (χ4v) is 3.11. The molecule has 0 radical (unpaired) electrons. The normalized spacial score (nSPS) is 15.8. The van der Waals surface area contributed by atoms with Crippen molar-refractivity contribution in [2.24, 2.45) is 0 Å². The molecule has 1 aliphatic rings. The van der Waals surface area contributed by atoms with Crippen LogP contribution in [0, 0.1) is 0 Å². The van der Waals surface area contributed by atoms with E-state index in [-0.39, 0.29) is 6.54 Å². The molecule has 2 aromatic rings. The van der Waals surface area contributed by atoms with Crippen LogP contribution >= 0.6 is 0 Å². The third-order valence-electron chi connectivity index (χ3n) is 4.66. The van der Waals surface area contributed by atoms with Crippen LogP contribution in [0.3, 0.4) is 0 Å². The highest BCUT2D eigenvalue weighted by Crippen LogP contribution is 2.29. The number of rotatable bonds is 8. The van der Waals surface area contributed by atoms with E-state index in [1.807, 2.05) is 30.3 Å². The highest BCUT2D eigenvalue weighted by atomic mass is 16.5. The van der Waals surface area contributed by atoms with Crippen LogP contribution in [0.25, 0.3) is 0 Å². The molecule has 0 aromatic heterocycles. The lowest BCUT2D eigenvalue weighted by molar-refractivity contribution is -0.130. The molecule has 0 bridgehead atoms. The molecule has 4 amide bonds. The predicted molar refractivity (Wildman–Crippen MR) is 107 cm³/mol. The number of anilines is 1. The number of benzene rings is 2. The van der Waals surface area contributed by atoms with Gasteiger partial charge in [0, 0.05) is 6.07 Å². The van der Waals surface area contributed by atoms with Gasteiger partial charge in [0.2, 0.25) is 5.91 Å². The number of hydrogen-bond donors (Lipinski definition) is 2. The van der Waals surface area contributed by atoms with Gasteiger partial charge in [0.1, 0.15) is 24.1 Å². The van der Waals surface area contributed by atoms with Crippen LogP contribution in [0.2, 0.25) is 0 Å². The van der Waals surface area contributed by atoms with Crippen molar-refractivity contribution in [1.82, 2.24) is 10.2 Å². The SMILES string of the molecule is COc1ccc(NC(=O)CN2C(=O)NC(CCc3ccccc3)C2=O)c(OC)c1. The van der Waals surface area contributed by atoms with Crippen LogP contribution in [-0.2, 0) is 16.0 Å². The summed E-state index contributed by atoms with van der Waals surface area (Å²) in [6.07, 6.45) is 1.12. The standard InChI is InChI=1S/C21H23N3O5/c1-28-15-9-11-16(18(12-15)29-2)22-19(25)13-24-20(26)17(23-21(24)27)10-8-14-6-4-3-5-7-14/h3-7,9,11-12,17H,8,10,13H2,1-2H3,(H,22,25)(H,23,27). The molecule has 8 heteroatoms. The molecule has 29 heavy (non-hydrogen) atoms. The maximum Gasteiger partial charge on any atom is 0.325 e. The van der Waals surface area contributed by atoms with Gasteiger partial charge in [0.05, 0.1) is 19.9 Å². The summed E-state index contributed by atoms with van der Waals surface area (Å²) in [6.45, 7) is -0.373. The first-order chi connectivity index (χ1) is 14.0. The quantitative estimate of drug-likeness (QED) is 0.666. The molecule has 8 nitrogen and oxygen atoms in total. The molecule has 152 valence electrons. The lowest BCUT2D eigenvalue weighted by Crippen LogP contribution is -2.38. The Morgan fingerprint density at radius 2 is 1.86 bits per heavy atom. The zero-order valence-electron chi connectivity index (χ0n) is 16.3. The second-order valence-electron chi connectivity index (χ2n) is 6.57. The lowest BCUT2D eigenvalue weighted by Gasteiger charge is -2.15. The number of methoxy groups -OCH3 is 2. The molecular weight excluding hydrogens is 374 g/mol. The second kappa shape index (κ2) is 9.09. The van der Waals surface area contributed by atoms with Crippen molar-refractivity contribution < 1.29 is 23.9 Å². The number of hydrogen-bond acceptors (Lipinski definition) is 5. The van der Waals surface area contributed by atoms with Gasteiger partial charge in [-0.3, -0.25) is 14.5 Å². The first-order valence-corrected chi connectivity index (χ1v) is 9.19. The predicted octanol–water partition coefficient (Wildman–Crippen LogP) is 2.20. The van der Waals surface area contributed by atoms with Crippen molar-refractivity contribution in [2.75, 3.05) is 26.1 Å². The van der Waals surface area contributed by atoms with Crippen molar-refractivity contribution in [3.63, 3.8) is 0 Å². The van der Waals surface area contributed by atoms with E-state index in [1.165, 1.54) is 14.2 Å². The van der Waals surface area contributed by atoms with Gasteiger partial charge in [-0.25, -0.2) is 4.79 Å². The van der Waals surface area contributed by atoms with Gasteiger partial charge in [0.15, 0.2) is 0 Å². The number of amides is 4. The number of ether oxygens (including phenoxy) is 2. The summed E-state index contributed by atoms with van der Waals surface area (Å²) >= 11 is 0. The molecule has 1 aliphatic heterocycles. The molecule has 0 saturated carbocycles. The monoisotopic (exact) mass is 397 g/mol. The summed E-state index contributed by atoms with van der Waals surface area (Å²) in [5.41, 5.74) is 1.50. The van der Waals surface area contributed by atoms with Crippen molar-refractivity contribution in [1.29, 1.82) is 0 Å². The van der Waals surface area contributed by atoms with E-state index in [4.69, 9.17) is 9.47 Å². The summed E-state index contributed by atoms with van der Waals surface area (Å²) in [5, 5.41) is 5.31. The van der Waals surface area contributed by atoms with Gasteiger partial charge in [-0.2, -0.15) is 0 Å². The molecule has 2 N–H and O–H groups in total. The largest absolute Gasteiger partial charge is 0.497 e. The minimum absolute atomic E-state index is 0.373. The fourth-order valence-electron chi connectivity index (χ4n) is 3.11. The molecule has 1 fully saturated rings. The summed E-state index contributed by atoms with van der Waals surface area (Å²) in [5.74, 6) is 0.0919. The Kier molecular flexibility index (Phi) is 6.33. The van der Waals surface area contributed by atoms with Crippen LogP contribution in [0.1, 0.15) is 12.0 Å². The number of carbonyl (C=O) groups is 3. The Labute approximate surface area is 168 Å². The molecule has 0 aliphatic carbocycles. The van der Waals surface area contributed by atoms with E-state index in [1.54, 1.807) is 18.2 Å². The zero-order valence-corrected chi connectivity index (χ0v) is 16.3. The Balaban J connectivity index is 1.59. The maximum absolute atomic E-state index is 12.6. The van der Waals surface area contributed by atoms with Crippen LogP contribution < -0.4 is 20.1 Å². The molecule has 1 saturated heterocycles. The number of imide groups is 1. The van der Waals surface area contributed by atoms with Crippen LogP contribution in [0.4, 0.5) is 10.5 Å². The molecule has 1 heterocycles. The van der Waals surface area contributed by atoms with Crippen LogP contribution in [-0.4, -0.2) is 49.6 Å². The number of carbonyl (C=O) groups excluding carboxylic acids is 3. The molecule has 3 rings (SSSR count). The van der Waals surface area contributed by atoms with Crippen molar-refractivity contribution >= 4 is 23.5 Å². The molecular formula is C21H23N3O5. The highest BCUT2D eigenvalue weighted by molar-refractivity contribution is 6.08. The van der Waals surface area contributed by atoms with E-state index in [2.05, 4.69) is 10.6 Å². The Hall–Kier alpha value is -3.55. The molecule has 1 atom stereocenters. The van der Waals surface area contributed by atoms with E-state index < -0.39 is 23.9 Å². The van der Waals surface area contributed by atoms with Gasteiger partial charge in [-0.15, -0.1) is 0 Å². The first kappa shape index (κ1) is 20.2. The minimum atomic E-state index is -0.633. The number of nitrogens with one attached hydrogen (secondary N) is 2. The van der Waals surface area contributed by atoms with Gasteiger partial charge in [-0.1, -0.05) is 30.3 Å². The van der Waals surface area contributed by atoms with E-state index in [9.17, 15) is 14.4 Å². The first-order valence-electron chi connectivity index (χ1n) is 9.19. The lowest BCUT2D eigenvalue weighted by atomic mass is 10.1. The van der Waals surface area contributed by atoms with Crippen LogP contribution in [0.5, 0.6) is 11.5 Å². The summed E-state index contributed by atoms with van der Waals surface area (Å²) < 4.78 is 10.4. The van der Waals surface area contributed by atoms with E-state index >= 15 is 0 Å². The zero-order chi connectivity index (χ0) is 20.8. The topological polar surface area (TPSA) is 97.0 Å². The van der Waals surface area contributed by atoms with Crippen molar-refractivity contribution in [3.05, 3.63) is 54.1 Å². The Morgan fingerprint density at radius 3 is 2.55 bits per heavy atom. The van der Waals surface area contributed by atoms with Crippen molar-refractivity contribution in [3.8, 4) is 11.5 Å². The van der Waals surface area contributed by atoms with Crippen LogP contribution in [0.15, 0.2) is 48.5 Å². The smallest absolute Gasteiger partial charge is 0.325 e. The Morgan fingerprint density at radius 1 is 1.10 bits per heavy atom. The summed E-state index contributed by atoms with van der Waals surface area (Å²) in [6, 6.07) is 13.4. The third kappa shape index (κ3) is 4.84. The average Bonchev–Trinajstić information content (AvgIpc) is 3.00. The van der Waals surface area contributed by atoms with Crippen molar-refractivity contribution in [2.45, 2.75) is 18.9 Å². The van der Waals surface area contributed by atoms with Gasteiger partial charge >= 0.3 is 6.03 Å². The van der Waals surface area contributed by atoms with Gasteiger partial charge < -0.3 is 20.1 Å². The number of aryl methyl sites for hydroxylation is 1. The minimum Gasteiger partial charge on any atom is -0.497 e. The van der Waals surface area contributed by atoms with E-state index in [0.717, 1.165) is 10.5 Å². The second-order valence-corrected chi connectivity index (χ2v) is 6.57. The molecule has 1 unspecified atom stereocenters. The summed E-state index contributed by atoms with van der Waals surface area (Å²) in [4.78, 5) is 38.1. The average molecular weight is 397 g/mol. The van der Waals surface area contributed by atoms with E-state index in [0.29, 0.717) is 30.0 Å². The maximum atomic E-state index is 12.6. The third-order valence-corrected chi connectivity index (χ3v) is 4.66. The number of nitrogens with zero attached hydrogens (tertiary/aromatic N) is 1. The molecule has 2 aromatic carbocycles. The van der Waals surface area contributed by atoms with Gasteiger partial charge in [0.25, 0.3) is 5.91 Å². The Bertz CT molecular complexity index is 900. The molecule has 0 spiro atoms.